The van der Waals surface area contributed by atoms with Crippen LogP contribution >= 0.6 is 0 Å². The third-order valence-electron chi connectivity index (χ3n) is 6.55. The van der Waals surface area contributed by atoms with Crippen LogP contribution in [0.1, 0.15) is 57.4 Å². The summed E-state index contributed by atoms with van der Waals surface area (Å²) in [6.45, 7) is 12.9. The average Bonchev–Trinajstić information content (AvgIpc) is 2.83. The zero-order valence-corrected chi connectivity index (χ0v) is 23.6. The summed E-state index contributed by atoms with van der Waals surface area (Å²) in [5.41, 5.74) is 2.59. The number of nitrogens with one attached hydrogen (secondary N) is 2. The van der Waals surface area contributed by atoms with E-state index in [1.807, 2.05) is 88.4 Å². The Hall–Kier alpha value is -3.87. The molecule has 0 heterocycles. The molecule has 0 radical (unpaired) electrons. The number of anilines is 1. The molecule has 0 aliphatic heterocycles. The highest BCUT2D eigenvalue weighted by Crippen LogP contribution is 2.29. The van der Waals surface area contributed by atoms with Gasteiger partial charge in [0.05, 0.1) is 0 Å². The van der Waals surface area contributed by atoms with Crippen LogP contribution in [0.2, 0.25) is 0 Å². The summed E-state index contributed by atoms with van der Waals surface area (Å²) in [7, 11) is 1.60. The fourth-order valence-corrected chi connectivity index (χ4v) is 4.37. The Balaban J connectivity index is 1.96. The lowest BCUT2D eigenvalue weighted by Crippen LogP contribution is -2.53. The number of carbonyl (C=O) groups is 3. The maximum absolute atomic E-state index is 13.8. The molecule has 0 bridgehead atoms. The van der Waals surface area contributed by atoms with Gasteiger partial charge in [0.1, 0.15) is 17.7 Å². The fraction of sp³-hybridized carbons (Fsp3) is 0.387. The Kier molecular flexibility index (Phi) is 8.82. The van der Waals surface area contributed by atoms with Gasteiger partial charge in [-0.1, -0.05) is 62.4 Å². The number of hydrogen-bond donors (Lipinski definition) is 2. The minimum atomic E-state index is -0.921. The van der Waals surface area contributed by atoms with Gasteiger partial charge in [-0.2, -0.15) is 0 Å². The molecule has 2 unspecified atom stereocenters. The number of amides is 3. The highest BCUT2D eigenvalue weighted by atomic mass is 16.6. The molecule has 38 heavy (non-hydrogen) atoms. The quantitative estimate of drug-likeness (QED) is 0.394. The Bertz CT molecular complexity index is 1330. The van der Waals surface area contributed by atoms with Crippen molar-refractivity contribution in [2.24, 2.45) is 5.92 Å². The first-order valence-corrected chi connectivity index (χ1v) is 12.9. The van der Waals surface area contributed by atoms with Crippen molar-refractivity contribution in [2.75, 3.05) is 12.4 Å². The van der Waals surface area contributed by atoms with E-state index in [0.717, 1.165) is 27.5 Å². The summed E-state index contributed by atoms with van der Waals surface area (Å²) in [5.74, 6) is -0.963. The van der Waals surface area contributed by atoms with Crippen LogP contribution in [0.3, 0.4) is 0 Å². The molecule has 3 rings (SSSR count). The SMILES string of the molecule is Cc1cccc(C(C(=O)Nc2ccc3ccccc3c2)N(C)C(=O)C(NC(=O)OC(C)(C)C)C(C)C)c1C. The minimum Gasteiger partial charge on any atom is -0.444 e. The number of fused-ring (bicyclic) bond motifs is 1. The van der Waals surface area contributed by atoms with Crippen LogP contribution in [-0.2, 0) is 14.3 Å². The Morgan fingerprint density at radius 1 is 0.895 bits per heavy atom. The molecule has 0 spiro atoms. The van der Waals surface area contributed by atoms with E-state index in [-0.39, 0.29) is 17.7 Å². The number of alkyl carbamates (subject to hydrolysis) is 1. The zero-order chi connectivity index (χ0) is 28.2. The van der Waals surface area contributed by atoms with Crippen LogP contribution in [0, 0.1) is 19.8 Å². The Morgan fingerprint density at radius 2 is 1.55 bits per heavy atom. The van der Waals surface area contributed by atoms with Gasteiger partial charge in [-0.15, -0.1) is 0 Å². The van der Waals surface area contributed by atoms with Crippen molar-refractivity contribution in [3.63, 3.8) is 0 Å². The first kappa shape index (κ1) is 28.7. The van der Waals surface area contributed by atoms with Crippen LogP contribution in [-0.4, -0.2) is 41.5 Å². The minimum absolute atomic E-state index is 0.236. The van der Waals surface area contributed by atoms with Crippen LogP contribution < -0.4 is 10.6 Å². The molecule has 0 saturated carbocycles. The molecule has 2 atom stereocenters. The molecule has 202 valence electrons. The monoisotopic (exact) mass is 517 g/mol. The summed E-state index contributed by atoms with van der Waals surface area (Å²) in [5, 5.41) is 7.79. The summed E-state index contributed by atoms with van der Waals surface area (Å²) in [6, 6.07) is 17.5. The fourth-order valence-electron chi connectivity index (χ4n) is 4.37. The highest BCUT2D eigenvalue weighted by molar-refractivity contribution is 6.00. The van der Waals surface area contributed by atoms with E-state index in [1.165, 1.54) is 4.90 Å². The van der Waals surface area contributed by atoms with Crippen molar-refractivity contribution in [3.8, 4) is 0 Å². The van der Waals surface area contributed by atoms with E-state index >= 15 is 0 Å². The Labute approximate surface area is 225 Å². The van der Waals surface area contributed by atoms with Crippen molar-refractivity contribution < 1.29 is 19.1 Å². The summed E-state index contributed by atoms with van der Waals surface area (Å²) in [4.78, 5) is 41.6. The third-order valence-corrected chi connectivity index (χ3v) is 6.55. The second kappa shape index (κ2) is 11.7. The molecule has 3 aromatic carbocycles. The number of hydrogen-bond acceptors (Lipinski definition) is 4. The van der Waals surface area contributed by atoms with Crippen molar-refractivity contribution in [2.45, 2.75) is 66.2 Å². The molecule has 3 aromatic rings. The maximum Gasteiger partial charge on any atom is 0.408 e. The highest BCUT2D eigenvalue weighted by Gasteiger charge is 2.36. The molecular formula is C31H39N3O4. The standard InChI is InChI=1S/C31H39N3O4/c1-19(2)26(33-30(37)38-31(5,6)7)29(36)34(8)27(25-15-11-12-20(3)21(25)4)28(35)32-24-17-16-22-13-9-10-14-23(22)18-24/h9-19,26-27H,1-8H3,(H,32,35)(H,33,37). The number of ether oxygens (including phenoxy) is 1. The number of benzene rings is 3. The van der Waals surface area contributed by atoms with E-state index in [1.54, 1.807) is 27.8 Å². The van der Waals surface area contributed by atoms with E-state index < -0.39 is 23.8 Å². The molecule has 3 amide bonds. The van der Waals surface area contributed by atoms with Gasteiger partial charge in [0, 0.05) is 12.7 Å². The molecule has 7 heteroatoms. The van der Waals surface area contributed by atoms with Crippen molar-refractivity contribution in [1.82, 2.24) is 10.2 Å². The molecular weight excluding hydrogens is 478 g/mol. The van der Waals surface area contributed by atoms with Gasteiger partial charge in [-0.3, -0.25) is 9.59 Å². The van der Waals surface area contributed by atoms with Gasteiger partial charge in [-0.25, -0.2) is 4.79 Å². The predicted molar refractivity (Wildman–Crippen MR) is 152 cm³/mol. The molecule has 0 aliphatic carbocycles. The normalized spacial score (nSPS) is 13.1. The average molecular weight is 518 g/mol. The topological polar surface area (TPSA) is 87.7 Å². The van der Waals surface area contributed by atoms with E-state index in [0.29, 0.717) is 5.69 Å². The third kappa shape index (κ3) is 6.91. The van der Waals surface area contributed by atoms with E-state index in [2.05, 4.69) is 10.6 Å². The lowest BCUT2D eigenvalue weighted by molar-refractivity contribution is -0.140. The maximum atomic E-state index is 13.8. The lowest BCUT2D eigenvalue weighted by atomic mass is 9.94. The second-order valence-electron chi connectivity index (χ2n) is 11.1. The van der Waals surface area contributed by atoms with Crippen LogP contribution in [0.4, 0.5) is 10.5 Å². The first-order valence-electron chi connectivity index (χ1n) is 12.9. The number of likely N-dealkylation sites (N-methyl/N-ethyl adjacent to an activating group) is 1. The first-order chi connectivity index (χ1) is 17.8. The smallest absolute Gasteiger partial charge is 0.408 e. The van der Waals surface area contributed by atoms with Crippen LogP contribution in [0.5, 0.6) is 0 Å². The van der Waals surface area contributed by atoms with Gasteiger partial charge >= 0.3 is 6.09 Å². The molecule has 0 aliphatic rings. The zero-order valence-electron chi connectivity index (χ0n) is 23.6. The summed E-state index contributed by atoms with van der Waals surface area (Å²) in [6.07, 6.45) is -0.679. The Morgan fingerprint density at radius 3 is 2.18 bits per heavy atom. The van der Waals surface area contributed by atoms with Crippen molar-refractivity contribution in [1.29, 1.82) is 0 Å². The van der Waals surface area contributed by atoms with Crippen LogP contribution in [0.25, 0.3) is 10.8 Å². The van der Waals surface area contributed by atoms with Gasteiger partial charge in [-0.05, 0) is 80.1 Å². The number of rotatable bonds is 7. The molecule has 0 fully saturated rings. The van der Waals surface area contributed by atoms with Gasteiger partial charge in [0.15, 0.2) is 0 Å². The van der Waals surface area contributed by atoms with Crippen LogP contribution in [0.15, 0.2) is 60.7 Å². The van der Waals surface area contributed by atoms with Gasteiger partial charge < -0.3 is 20.3 Å². The lowest BCUT2D eigenvalue weighted by Gasteiger charge is -2.33. The number of aryl methyl sites for hydroxylation is 1. The van der Waals surface area contributed by atoms with E-state index in [9.17, 15) is 14.4 Å². The summed E-state index contributed by atoms with van der Waals surface area (Å²) >= 11 is 0. The summed E-state index contributed by atoms with van der Waals surface area (Å²) < 4.78 is 5.39. The predicted octanol–water partition coefficient (Wildman–Crippen LogP) is 6.14. The largest absolute Gasteiger partial charge is 0.444 e. The van der Waals surface area contributed by atoms with Gasteiger partial charge in [0.2, 0.25) is 5.91 Å². The molecule has 0 aromatic heterocycles. The molecule has 2 N–H and O–H groups in total. The number of carbonyl (C=O) groups excluding carboxylic acids is 3. The second-order valence-corrected chi connectivity index (χ2v) is 11.1. The van der Waals surface area contributed by atoms with Gasteiger partial charge in [0.25, 0.3) is 5.91 Å². The molecule has 0 saturated heterocycles. The van der Waals surface area contributed by atoms with Crippen molar-refractivity contribution in [3.05, 3.63) is 77.4 Å². The van der Waals surface area contributed by atoms with E-state index in [4.69, 9.17) is 4.74 Å². The van der Waals surface area contributed by atoms with Crippen molar-refractivity contribution >= 4 is 34.4 Å². The molecule has 7 nitrogen and oxygen atoms in total. The number of nitrogens with zero attached hydrogens (tertiary/aromatic N) is 1.